The van der Waals surface area contributed by atoms with Gasteiger partial charge in [-0.3, -0.25) is 4.79 Å². The number of nitrogens with zero attached hydrogens (tertiary/aromatic N) is 2. The molecule has 0 saturated carbocycles. The molecule has 0 radical (unpaired) electrons. The number of benzene rings is 1. The van der Waals surface area contributed by atoms with Crippen molar-refractivity contribution in [2.75, 3.05) is 61.7 Å². The van der Waals surface area contributed by atoms with Gasteiger partial charge in [-0.25, -0.2) is 4.99 Å². The lowest BCUT2D eigenvalue weighted by atomic mass is 10.0. The maximum absolute atomic E-state index is 11.8. The number of carbonyl (C=O) groups excluding carboxylic acids is 1. The van der Waals surface area contributed by atoms with E-state index < -0.39 is 0 Å². The number of aliphatic imine (C=N–C) groups is 1. The minimum absolute atomic E-state index is 0. The Morgan fingerprint density at radius 2 is 1.83 bits per heavy atom. The van der Waals surface area contributed by atoms with E-state index in [1.807, 2.05) is 18.2 Å². The SMILES string of the molecule is COCCNC(=NCC(=O)N(C)C)NCC(C)Cc1ccc(OC)c(OC)c1.I. The Kier molecular flexibility index (Phi) is 14.2. The third-order valence-electron chi connectivity index (χ3n) is 4.12. The topological polar surface area (TPSA) is 84.4 Å². The van der Waals surface area contributed by atoms with Gasteiger partial charge in [0, 0.05) is 34.3 Å². The molecule has 2 N–H and O–H groups in total. The number of methoxy groups -OCH3 is 3. The van der Waals surface area contributed by atoms with Crippen molar-refractivity contribution in [2.45, 2.75) is 13.3 Å². The van der Waals surface area contributed by atoms with Crippen LogP contribution in [0.3, 0.4) is 0 Å². The van der Waals surface area contributed by atoms with E-state index >= 15 is 0 Å². The van der Waals surface area contributed by atoms with E-state index in [9.17, 15) is 4.79 Å². The van der Waals surface area contributed by atoms with E-state index in [1.165, 1.54) is 10.5 Å². The molecule has 1 unspecified atom stereocenters. The first-order valence-corrected chi connectivity index (χ1v) is 9.33. The van der Waals surface area contributed by atoms with Gasteiger partial charge in [0.2, 0.25) is 5.91 Å². The molecular weight excluding hydrogens is 487 g/mol. The first-order valence-electron chi connectivity index (χ1n) is 9.33. The molecule has 0 aliphatic rings. The second kappa shape index (κ2) is 15.1. The van der Waals surface area contributed by atoms with Crippen molar-refractivity contribution >= 4 is 35.8 Å². The molecule has 0 bridgehead atoms. The second-order valence-electron chi connectivity index (χ2n) is 6.75. The van der Waals surface area contributed by atoms with Crippen molar-refractivity contribution in [3.05, 3.63) is 23.8 Å². The van der Waals surface area contributed by atoms with Crippen LogP contribution in [-0.2, 0) is 16.0 Å². The van der Waals surface area contributed by atoms with Crippen LogP contribution in [0, 0.1) is 5.92 Å². The van der Waals surface area contributed by atoms with Crippen LogP contribution >= 0.6 is 24.0 Å². The number of likely N-dealkylation sites (N-methyl/N-ethyl adjacent to an activating group) is 1. The van der Waals surface area contributed by atoms with Crippen molar-refractivity contribution in [3.8, 4) is 11.5 Å². The molecule has 1 aromatic rings. The predicted octanol–water partition coefficient (Wildman–Crippen LogP) is 1.77. The quantitative estimate of drug-likeness (QED) is 0.200. The van der Waals surface area contributed by atoms with Gasteiger partial charge < -0.3 is 29.7 Å². The summed E-state index contributed by atoms with van der Waals surface area (Å²) in [6.45, 7) is 4.14. The molecule has 0 aromatic heterocycles. The van der Waals surface area contributed by atoms with Crippen LogP contribution in [-0.4, -0.2) is 78.4 Å². The zero-order valence-electron chi connectivity index (χ0n) is 18.3. The highest BCUT2D eigenvalue weighted by atomic mass is 127. The summed E-state index contributed by atoms with van der Waals surface area (Å²) in [6, 6.07) is 5.96. The van der Waals surface area contributed by atoms with E-state index in [0.717, 1.165) is 17.9 Å². The fourth-order valence-electron chi connectivity index (χ4n) is 2.49. The van der Waals surface area contributed by atoms with Crippen LogP contribution in [0.2, 0.25) is 0 Å². The largest absolute Gasteiger partial charge is 0.493 e. The van der Waals surface area contributed by atoms with Crippen molar-refractivity contribution < 1.29 is 19.0 Å². The Morgan fingerprint density at radius 1 is 1.14 bits per heavy atom. The Morgan fingerprint density at radius 3 is 2.41 bits per heavy atom. The summed E-state index contributed by atoms with van der Waals surface area (Å²) in [5, 5.41) is 6.47. The summed E-state index contributed by atoms with van der Waals surface area (Å²) in [4.78, 5) is 17.7. The maximum Gasteiger partial charge on any atom is 0.243 e. The molecule has 1 aromatic carbocycles. The van der Waals surface area contributed by atoms with Gasteiger partial charge in [-0.15, -0.1) is 24.0 Å². The van der Waals surface area contributed by atoms with Gasteiger partial charge >= 0.3 is 0 Å². The van der Waals surface area contributed by atoms with E-state index in [4.69, 9.17) is 14.2 Å². The van der Waals surface area contributed by atoms with Gasteiger partial charge in [-0.1, -0.05) is 13.0 Å². The first-order chi connectivity index (χ1) is 13.4. The van der Waals surface area contributed by atoms with Gasteiger partial charge in [0.05, 0.1) is 20.8 Å². The lowest BCUT2D eigenvalue weighted by molar-refractivity contribution is -0.127. The standard InChI is InChI=1S/C20H34N4O4.HI/c1-15(11-16-7-8-17(27-5)18(12-16)28-6)13-22-20(21-9-10-26-4)23-14-19(25)24(2)3;/h7-8,12,15H,9-11,13-14H2,1-6H3,(H2,21,22,23);1H. The molecule has 1 amide bonds. The van der Waals surface area contributed by atoms with Gasteiger partial charge in [-0.2, -0.15) is 0 Å². The lowest BCUT2D eigenvalue weighted by Crippen LogP contribution is -2.42. The second-order valence-corrected chi connectivity index (χ2v) is 6.75. The van der Waals surface area contributed by atoms with Crippen molar-refractivity contribution in [1.82, 2.24) is 15.5 Å². The van der Waals surface area contributed by atoms with Crippen LogP contribution in [0.5, 0.6) is 11.5 Å². The molecule has 29 heavy (non-hydrogen) atoms. The molecule has 0 heterocycles. The summed E-state index contributed by atoms with van der Waals surface area (Å²) in [5.74, 6) is 2.35. The number of guanidine groups is 1. The number of carbonyl (C=O) groups is 1. The summed E-state index contributed by atoms with van der Waals surface area (Å²) in [5.41, 5.74) is 1.17. The number of ether oxygens (including phenoxy) is 3. The van der Waals surface area contributed by atoms with Crippen LogP contribution in [0.15, 0.2) is 23.2 Å². The zero-order valence-corrected chi connectivity index (χ0v) is 20.6. The van der Waals surface area contributed by atoms with Crippen LogP contribution in [0.4, 0.5) is 0 Å². The highest BCUT2D eigenvalue weighted by Crippen LogP contribution is 2.28. The Labute approximate surface area is 191 Å². The number of hydrogen-bond acceptors (Lipinski definition) is 5. The highest BCUT2D eigenvalue weighted by molar-refractivity contribution is 14.0. The molecule has 9 heteroatoms. The summed E-state index contributed by atoms with van der Waals surface area (Å²) in [7, 11) is 8.34. The summed E-state index contributed by atoms with van der Waals surface area (Å²) in [6.07, 6.45) is 0.870. The average Bonchev–Trinajstić information content (AvgIpc) is 2.69. The van der Waals surface area contributed by atoms with E-state index in [2.05, 4.69) is 22.5 Å². The molecule has 1 rings (SSSR count). The molecule has 0 aliphatic heterocycles. The summed E-state index contributed by atoms with van der Waals surface area (Å²) < 4.78 is 15.7. The lowest BCUT2D eigenvalue weighted by Gasteiger charge is -2.17. The Hall–Kier alpha value is -1.75. The highest BCUT2D eigenvalue weighted by Gasteiger charge is 2.10. The smallest absolute Gasteiger partial charge is 0.243 e. The van der Waals surface area contributed by atoms with Crippen LogP contribution < -0.4 is 20.1 Å². The van der Waals surface area contributed by atoms with Gasteiger partial charge in [0.15, 0.2) is 17.5 Å². The molecule has 166 valence electrons. The van der Waals surface area contributed by atoms with Crippen molar-refractivity contribution in [3.63, 3.8) is 0 Å². The zero-order chi connectivity index (χ0) is 20.9. The van der Waals surface area contributed by atoms with E-state index in [1.54, 1.807) is 35.4 Å². The summed E-state index contributed by atoms with van der Waals surface area (Å²) >= 11 is 0. The molecular formula is C20H35IN4O4. The Bertz CT molecular complexity index is 641. The third kappa shape index (κ3) is 10.6. The third-order valence-corrected chi connectivity index (χ3v) is 4.12. The molecule has 0 aliphatic carbocycles. The number of hydrogen-bond donors (Lipinski definition) is 2. The predicted molar refractivity (Wildman–Crippen MR) is 127 cm³/mol. The van der Waals surface area contributed by atoms with Gasteiger partial charge in [0.1, 0.15) is 6.54 Å². The molecule has 8 nitrogen and oxygen atoms in total. The fourth-order valence-corrected chi connectivity index (χ4v) is 2.49. The Balaban J connectivity index is 0.00000784. The minimum atomic E-state index is -0.0498. The molecule has 0 saturated heterocycles. The van der Waals surface area contributed by atoms with Crippen molar-refractivity contribution in [2.24, 2.45) is 10.9 Å². The number of nitrogens with one attached hydrogen (secondary N) is 2. The van der Waals surface area contributed by atoms with Crippen LogP contribution in [0.1, 0.15) is 12.5 Å². The number of rotatable bonds is 11. The van der Waals surface area contributed by atoms with E-state index in [-0.39, 0.29) is 36.4 Å². The molecule has 0 fully saturated rings. The number of halogens is 1. The monoisotopic (exact) mass is 522 g/mol. The van der Waals surface area contributed by atoms with Crippen molar-refractivity contribution in [1.29, 1.82) is 0 Å². The minimum Gasteiger partial charge on any atom is -0.493 e. The molecule has 0 spiro atoms. The first kappa shape index (κ1) is 27.2. The fraction of sp³-hybridized carbons (Fsp3) is 0.600. The van der Waals surface area contributed by atoms with Crippen LogP contribution in [0.25, 0.3) is 0 Å². The van der Waals surface area contributed by atoms with Gasteiger partial charge in [0.25, 0.3) is 0 Å². The average molecular weight is 522 g/mol. The number of amides is 1. The molecule has 1 atom stereocenters. The van der Waals surface area contributed by atoms with Gasteiger partial charge in [-0.05, 0) is 30.0 Å². The maximum atomic E-state index is 11.8. The normalized spacial score (nSPS) is 11.9. The van der Waals surface area contributed by atoms with E-state index in [0.29, 0.717) is 31.6 Å².